The molecule has 1 aromatic heterocycles. The second-order valence-electron chi connectivity index (χ2n) is 4.54. The standard InChI is InChI=1S/C13H22N4O/c1-14-11-4-7-17(10-11)12-3-5-15-13(9-12)16-6-8-18-2/h3,5,9,11,14H,4,6-8,10H2,1-2H3,(H,15,16)/t11-/m1/s1. The van der Waals surface area contributed by atoms with E-state index in [2.05, 4.69) is 32.7 Å². The lowest BCUT2D eigenvalue weighted by atomic mass is 10.3. The molecule has 2 N–H and O–H groups in total. The van der Waals surface area contributed by atoms with Gasteiger partial charge in [-0.2, -0.15) is 0 Å². The quantitative estimate of drug-likeness (QED) is 0.736. The number of pyridine rings is 1. The Hall–Kier alpha value is -1.33. The number of nitrogens with one attached hydrogen (secondary N) is 2. The molecule has 0 radical (unpaired) electrons. The molecule has 0 amide bonds. The van der Waals surface area contributed by atoms with Crippen LogP contribution in [0.2, 0.25) is 0 Å². The topological polar surface area (TPSA) is 49.4 Å². The van der Waals surface area contributed by atoms with Gasteiger partial charge in [-0.15, -0.1) is 0 Å². The molecule has 0 aliphatic carbocycles. The molecule has 0 saturated carbocycles. The predicted molar refractivity (Wildman–Crippen MR) is 74.3 cm³/mol. The zero-order valence-electron chi connectivity index (χ0n) is 11.1. The molecule has 100 valence electrons. The van der Waals surface area contributed by atoms with E-state index in [1.54, 1.807) is 7.11 Å². The van der Waals surface area contributed by atoms with Crippen molar-refractivity contribution < 1.29 is 4.74 Å². The van der Waals surface area contributed by atoms with E-state index in [0.717, 1.165) is 25.5 Å². The van der Waals surface area contributed by atoms with Gasteiger partial charge in [0.15, 0.2) is 0 Å². The Labute approximate surface area is 109 Å². The zero-order valence-corrected chi connectivity index (χ0v) is 11.1. The average molecular weight is 250 g/mol. The summed E-state index contributed by atoms with van der Waals surface area (Å²) in [6, 6.07) is 4.77. The summed E-state index contributed by atoms with van der Waals surface area (Å²) in [6.07, 6.45) is 3.06. The van der Waals surface area contributed by atoms with Gasteiger partial charge in [0.1, 0.15) is 5.82 Å². The number of ether oxygens (including phenoxy) is 1. The number of methoxy groups -OCH3 is 1. The zero-order chi connectivity index (χ0) is 12.8. The first-order chi connectivity index (χ1) is 8.83. The Balaban J connectivity index is 1.94. The predicted octanol–water partition coefficient (Wildman–Crippen LogP) is 0.938. The van der Waals surface area contributed by atoms with Gasteiger partial charge >= 0.3 is 0 Å². The first kappa shape index (κ1) is 13.1. The van der Waals surface area contributed by atoms with Crippen LogP contribution in [-0.2, 0) is 4.74 Å². The maximum absolute atomic E-state index is 5.01. The Morgan fingerprint density at radius 1 is 1.56 bits per heavy atom. The van der Waals surface area contributed by atoms with Crippen molar-refractivity contribution in [3.63, 3.8) is 0 Å². The van der Waals surface area contributed by atoms with Crippen LogP contribution in [-0.4, -0.2) is 51.4 Å². The van der Waals surface area contributed by atoms with Crippen LogP contribution in [0, 0.1) is 0 Å². The van der Waals surface area contributed by atoms with Gasteiger partial charge in [-0.05, 0) is 19.5 Å². The van der Waals surface area contributed by atoms with Crippen molar-refractivity contribution >= 4 is 11.5 Å². The van der Waals surface area contributed by atoms with Crippen LogP contribution in [0.5, 0.6) is 0 Å². The Morgan fingerprint density at radius 2 is 2.44 bits per heavy atom. The molecular weight excluding hydrogens is 228 g/mol. The fraction of sp³-hybridized carbons (Fsp3) is 0.615. The summed E-state index contributed by atoms with van der Waals surface area (Å²) < 4.78 is 5.01. The summed E-state index contributed by atoms with van der Waals surface area (Å²) >= 11 is 0. The van der Waals surface area contributed by atoms with E-state index in [0.29, 0.717) is 12.6 Å². The molecule has 1 fully saturated rings. The summed E-state index contributed by atoms with van der Waals surface area (Å²) in [5.74, 6) is 0.914. The lowest BCUT2D eigenvalue weighted by Gasteiger charge is -2.19. The molecule has 2 heterocycles. The van der Waals surface area contributed by atoms with Gasteiger partial charge in [-0.25, -0.2) is 4.98 Å². The monoisotopic (exact) mass is 250 g/mol. The van der Waals surface area contributed by atoms with Gasteiger partial charge in [-0.1, -0.05) is 0 Å². The number of nitrogens with zero attached hydrogens (tertiary/aromatic N) is 2. The third kappa shape index (κ3) is 3.34. The van der Waals surface area contributed by atoms with Gasteiger partial charge in [-0.3, -0.25) is 0 Å². The molecule has 5 heteroatoms. The van der Waals surface area contributed by atoms with E-state index in [-0.39, 0.29) is 0 Å². The largest absolute Gasteiger partial charge is 0.383 e. The fourth-order valence-corrected chi connectivity index (χ4v) is 2.22. The van der Waals surface area contributed by atoms with E-state index in [9.17, 15) is 0 Å². The summed E-state index contributed by atoms with van der Waals surface area (Å²) in [4.78, 5) is 6.71. The van der Waals surface area contributed by atoms with Crippen LogP contribution in [0.25, 0.3) is 0 Å². The third-order valence-electron chi connectivity index (χ3n) is 3.32. The van der Waals surface area contributed by atoms with E-state index in [1.807, 2.05) is 13.2 Å². The van der Waals surface area contributed by atoms with E-state index in [4.69, 9.17) is 4.74 Å². The highest BCUT2D eigenvalue weighted by molar-refractivity contribution is 5.54. The van der Waals surface area contributed by atoms with Gasteiger partial charge in [0.25, 0.3) is 0 Å². The van der Waals surface area contributed by atoms with E-state index >= 15 is 0 Å². The van der Waals surface area contributed by atoms with Crippen molar-refractivity contribution in [1.82, 2.24) is 10.3 Å². The smallest absolute Gasteiger partial charge is 0.128 e. The van der Waals surface area contributed by atoms with Crippen molar-refractivity contribution in [2.75, 3.05) is 50.6 Å². The van der Waals surface area contributed by atoms with Gasteiger partial charge < -0.3 is 20.3 Å². The molecule has 0 aromatic carbocycles. The summed E-state index contributed by atoms with van der Waals surface area (Å²) in [6.45, 7) is 3.65. The average Bonchev–Trinajstić information content (AvgIpc) is 2.88. The maximum atomic E-state index is 5.01. The third-order valence-corrected chi connectivity index (χ3v) is 3.32. The second kappa shape index (κ2) is 6.56. The van der Waals surface area contributed by atoms with Crippen LogP contribution in [0.1, 0.15) is 6.42 Å². The lowest BCUT2D eigenvalue weighted by Crippen LogP contribution is -2.29. The highest BCUT2D eigenvalue weighted by Gasteiger charge is 2.21. The molecule has 2 rings (SSSR count). The van der Waals surface area contributed by atoms with Gasteiger partial charge in [0.2, 0.25) is 0 Å². The molecule has 0 bridgehead atoms. The van der Waals surface area contributed by atoms with Crippen LogP contribution >= 0.6 is 0 Å². The molecule has 1 aliphatic rings. The van der Waals surface area contributed by atoms with Crippen LogP contribution in [0.3, 0.4) is 0 Å². The summed E-state index contributed by atoms with van der Waals surface area (Å²) in [7, 11) is 3.73. The molecule has 5 nitrogen and oxygen atoms in total. The number of aromatic nitrogens is 1. The molecule has 1 aromatic rings. The highest BCUT2D eigenvalue weighted by atomic mass is 16.5. The second-order valence-corrected chi connectivity index (χ2v) is 4.54. The summed E-state index contributed by atoms with van der Waals surface area (Å²) in [5, 5.41) is 6.59. The van der Waals surface area contributed by atoms with Crippen molar-refractivity contribution in [2.24, 2.45) is 0 Å². The minimum atomic E-state index is 0.600. The number of hydrogen-bond donors (Lipinski definition) is 2. The maximum Gasteiger partial charge on any atom is 0.128 e. The van der Waals surface area contributed by atoms with E-state index < -0.39 is 0 Å². The minimum absolute atomic E-state index is 0.600. The fourth-order valence-electron chi connectivity index (χ4n) is 2.22. The molecule has 1 saturated heterocycles. The van der Waals surface area contributed by atoms with Gasteiger partial charge in [0.05, 0.1) is 6.61 Å². The molecule has 0 unspecified atom stereocenters. The number of rotatable bonds is 6. The SMILES string of the molecule is CN[C@@H]1CCN(c2ccnc(NCCOC)c2)C1. The molecule has 18 heavy (non-hydrogen) atoms. The molecule has 0 spiro atoms. The Bertz CT molecular complexity index is 372. The molecule has 1 aliphatic heterocycles. The van der Waals surface area contributed by atoms with Crippen LogP contribution < -0.4 is 15.5 Å². The Morgan fingerprint density at radius 3 is 3.17 bits per heavy atom. The lowest BCUT2D eigenvalue weighted by molar-refractivity contribution is 0.210. The van der Waals surface area contributed by atoms with Crippen LogP contribution in [0.15, 0.2) is 18.3 Å². The normalized spacial score (nSPS) is 19.2. The van der Waals surface area contributed by atoms with Crippen LogP contribution in [0.4, 0.5) is 11.5 Å². The number of hydrogen-bond acceptors (Lipinski definition) is 5. The molecule has 1 atom stereocenters. The highest BCUT2D eigenvalue weighted by Crippen LogP contribution is 2.21. The van der Waals surface area contributed by atoms with E-state index in [1.165, 1.54) is 12.1 Å². The van der Waals surface area contributed by atoms with Gasteiger partial charge in [0, 0.05) is 50.7 Å². The number of likely N-dealkylation sites (N-methyl/N-ethyl adjacent to an activating group) is 1. The summed E-state index contributed by atoms with van der Waals surface area (Å²) in [5.41, 5.74) is 1.24. The van der Waals surface area contributed by atoms with Crippen molar-refractivity contribution in [3.05, 3.63) is 18.3 Å². The number of anilines is 2. The first-order valence-electron chi connectivity index (χ1n) is 6.44. The molecular formula is C13H22N4O. The minimum Gasteiger partial charge on any atom is -0.383 e. The first-order valence-corrected chi connectivity index (χ1v) is 6.44. The van der Waals surface area contributed by atoms with Crippen molar-refractivity contribution in [1.29, 1.82) is 0 Å². The van der Waals surface area contributed by atoms with Crippen molar-refractivity contribution in [3.8, 4) is 0 Å². The Kier molecular flexibility index (Phi) is 4.78. The van der Waals surface area contributed by atoms with Crippen molar-refractivity contribution in [2.45, 2.75) is 12.5 Å².